The van der Waals surface area contributed by atoms with Crippen LogP contribution in [0.1, 0.15) is 10.4 Å². The number of halogens is 2. The molecule has 0 N–H and O–H groups in total. The van der Waals surface area contributed by atoms with Crippen molar-refractivity contribution in [2.45, 2.75) is 4.34 Å². The van der Waals surface area contributed by atoms with Gasteiger partial charge in [0.15, 0.2) is 10.1 Å². The number of carbonyl (C=O) groups is 1. The van der Waals surface area contributed by atoms with Crippen LogP contribution in [-0.2, 0) is 0 Å². The third-order valence-corrected chi connectivity index (χ3v) is 5.58. The summed E-state index contributed by atoms with van der Waals surface area (Å²) in [7, 11) is 0. The Labute approximate surface area is 140 Å². The van der Waals surface area contributed by atoms with Crippen molar-refractivity contribution in [2.24, 2.45) is 0 Å². The van der Waals surface area contributed by atoms with Crippen LogP contribution < -0.4 is 0 Å². The quantitative estimate of drug-likeness (QED) is 0.453. The first kappa shape index (κ1) is 14.9. The number of hydrogen-bond acceptors (Lipinski definition) is 4. The number of rotatable bonds is 4. The first-order chi connectivity index (χ1) is 10.1. The first-order valence-corrected chi connectivity index (χ1v) is 8.66. The van der Waals surface area contributed by atoms with E-state index >= 15 is 0 Å². The van der Waals surface area contributed by atoms with Gasteiger partial charge in [-0.05, 0) is 30.3 Å². The number of fused-ring (bicyclic) bond motifs is 1. The van der Waals surface area contributed by atoms with Gasteiger partial charge in [-0.2, -0.15) is 0 Å². The molecule has 0 bridgehead atoms. The molecule has 1 heterocycles. The van der Waals surface area contributed by atoms with Crippen molar-refractivity contribution in [3.8, 4) is 0 Å². The predicted octanol–water partition coefficient (Wildman–Crippen LogP) is 5.58. The number of Topliss-reactive ketones (excluding diaryl/α,β-unsaturated/α-hetero) is 1. The van der Waals surface area contributed by atoms with Crippen molar-refractivity contribution in [3.05, 3.63) is 58.1 Å². The lowest BCUT2D eigenvalue weighted by Gasteiger charge is -2.01. The number of carbonyl (C=O) groups excluding carboxylic acids is 1. The molecule has 1 aromatic heterocycles. The molecule has 6 heteroatoms. The summed E-state index contributed by atoms with van der Waals surface area (Å²) in [6, 6.07) is 12.7. The van der Waals surface area contributed by atoms with Crippen LogP contribution in [0, 0.1) is 0 Å². The minimum atomic E-state index is 0.00267. The van der Waals surface area contributed by atoms with E-state index in [0.29, 0.717) is 21.4 Å². The fourth-order valence-electron chi connectivity index (χ4n) is 1.83. The monoisotopic (exact) mass is 353 g/mol. The number of nitrogens with zero attached hydrogens (tertiary/aromatic N) is 1. The molecule has 0 saturated heterocycles. The van der Waals surface area contributed by atoms with Gasteiger partial charge in [0.25, 0.3) is 0 Å². The third kappa shape index (κ3) is 3.40. The minimum Gasteiger partial charge on any atom is -0.293 e. The van der Waals surface area contributed by atoms with Gasteiger partial charge >= 0.3 is 0 Å². The van der Waals surface area contributed by atoms with Gasteiger partial charge in [0.1, 0.15) is 0 Å². The lowest BCUT2D eigenvalue weighted by Crippen LogP contribution is -2.02. The van der Waals surface area contributed by atoms with Gasteiger partial charge in [-0.15, -0.1) is 11.3 Å². The molecular weight excluding hydrogens is 345 g/mol. The largest absolute Gasteiger partial charge is 0.293 e. The zero-order chi connectivity index (χ0) is 14.8. The highest BCUT2D eigenvalue weighted by Crippen LogP contribution is 2.31. The standard InChI is InChI=1S/C15H9Cl2NOS2/c16-9-5-6-14-12(7-9)18-15(21-14)20-8-13(19)10-3-1-2-4-11(10)17/h1-7H,8H2. The van der Waals surface area contributed by atoms with Crippen LogP contribution in [0.2, 0.25) is 10.0 Å². The molecule has 0 amide bonds. The maximum absolute atomic E-state index is 12.2. The lowest BCUT2D eigenvalue weighted by molar-refractivity contribution is 0.102. The summed E-state index contributed by atoms with van der Waals surface area (Å²) in [5.41, 5.74) is 1.41. The van der Waals surface area contributed by atoms with E-state index in [1.807, 2.05) is 30.3 Å². The number of thioether (sulfide) groups is 1. The Balaban J connectivity index is 1.74. The van der Waals surface area contributed by atoms with E-state index in [9.17, 15) is 4.79 Å². The zero-order valence-corrected chi connectivity index (χ0v) is 13.8. The predicted molar refractivity (Wildman–Crippen MR) is 91.1 cm³/mol. The van der Waals surface area contributed by atoms with Crippen molar-refractivity contribution in [1.82, 2.24) is 4.98 Å². The van der Waals surface area contributed by atoms with Gasteiger partial charge in [-0.3, -0.25) is 4.79 Å². The third-order valence-electron chi connectivity index (χ3n) is 2.83. The molecule has 0 saturated carbocycles. The summed E-state index contributed by atoms with van der Waals surface area (Å²) in [4.78, 5) is 16.6. The summed E-state index contributed by atoms with van der Waals surface area (Å²) >= 11 is 14.9. The van der Waals surface area contributed by atoms with E-state index in [1.165, 1.54) is 11.8 Å². The van der Waals surface area contributed by atoms with Crippen LogP contribution in [0.15, 0.2) is 46.8 Å². The Morgan fingerprint density at radius 2 is 2.00 bits per heavy atom. The molecule has 0 aliphatic heterocycles. The second kappa shape index (κ2) is 6.36. The SMILES string of the molecule is O=C(CSc1nc2cc(Cl)ccc2s1)c1ccccc1Cl. The Kier molecular flexibility index (Phi) is 4.50. The summed E-state index contributed by atoms with van der Waals surface area (Å²) < 4.78 is 1.92. The van der Waals surface area contributed by atoms with Crippen LogP contribution in [0.25, 0.3) is 10.2 Å². The molecule has 0 atom stereocenters. The Morgan fingerprint density at radius 1 is 1.19 bits per heavy atom. The van der Waals surface area contributed by atoms with Gasteiger partial charge < -0.3 is 0 Å². The van der Waals surface area contributed by atoms with Crippen LogP contribution in [0.3, 0.4) is 0 Å². The summed E-state index contributed by atoms with van der Waals surface area (Å²) in [6.07, 6.45) is 0. The van der Waals surface area contributed by atoms with E-state index in [-0.39, 0.29) is 5.78 Å². The average molecular weight is 354 g/mol. The van der Waals surface area contributed by atoms with Crippen molar-refractivity contribution in [1.29, 1.82) is 0 Å². The van der Waals surface area contributed by atoms with Crippen molar-refractivity contribution < 1.29 is 4.79 Å². The zero-order valence-electron chi connectivity index (χ0n) is 10.7. The molecule has 2 aromatic carbocycles. The molecule has 3 aromatic rings. The molecule has 2 nitrogen and oxygen atoms in total. The average Bonchev–Trinajstić information content (AvgIpc) is 2.87. The fourth-order valence-corrected chi connectivity index (χ4v) is 4.17. The number of benzene rings is 2. The van der Waals surface area contributed by atoms with E-state index in [1.54, 1.807) is 23.5 Å². The van der Waals surface area contributed by atoms with Gasteiger partial charge in [0.2, 0.25) is 0 Å². The van der Waals surface area contributed by atoms with Gasteiger partial charge in [-0.25, -0.2) is 4.98 Å². The molecule has 0 aliphatic rings. The number of ketones is 1. The second-order valence-corrected chi connectivity index (χ2v) is 7.38. The molecule has 0 fully saturated rings. The molecule has 0 radical (unpaired) electrons. The Morgan fingerprint density at radius 3 is 2.81 bits per heavy atom. The summed E-state index contributed by atoms with van der Waals surface area (Å²) in [5.74, 6) is 0.319. The second-order valence-electron chi connectivity index (χ2n) is 4.28. The van der Waals surface area contributed by atoms with Gasteiger partial charge in [-0.1, -0.05) is 47.1 Å². The smallest absolute Gasteiger partial charge is 0.174 e. The summed E-state index contributed by atoms with van der Waals surface area (Å²) in [5, 5.41) is 1.15. The first-order valence-electron chi connectivity index (χ1n) is 6.10. The maximum atomic E-state index is 12.2. The van der Waals surface area contributed by atoms with Crippen molar-refractivity contribution >= 4 is 62.3 Å². The maximum Gasteiger partial charge on any atom is 0.174 e. The molecule has 106 valence electrons. The molecule has 0 unspecified atom stereocenters. The molecular formula is C15H9Cl2NOS2. The number of aromatic nitrogens is 1. The molecule has 21 heavy (non-hydrogen) atoms. The number of thiazole rings is 1. The fraction of sp³-hybridized carbons (Fsp3) is 0.0667. The van der Waals surface area contributed by atoms with E-state index in [4.69, 9.17) is 23.2 Å². The van der Waals surface area contributed by atoms with Crippen molar-refractivity contribution in [2.75, 3.05) is 5.75 Å². The normalized spacial score (nSPS) is 11.0. The van der Waals surface area contributed by atoms with Gasteiger partial charge in [0.05, 0.1) is 21.0 Å². The lowest BCUT2D eigenvalue weighted by atomic mass is 10.1. The highest BCUT2D eigenvalue weighted by atomic mass is 35.5. The van der Waals surface area contributed by atoms with Crippen LogP contribution in [-0.4, -0.2) is 16.5 Å². The highest BCUT2D eigenvalue weighted by molar-refractivity contribution is 8.01. The van der Waals surface area contributed by atoms with E-state index in [2.05, 4.69) is 4.98 Å². The van der Waals surface area contributed by atoms with Crippen molar-refractivity contribution in [3.63, 3.8) is 0 Å². The van der Waals surface area contributed by atoms with Crippen LogP contribution >= 0.6 is 46.3 Å². The topological polar surface area (TPSA) is 30.0 Å². The van der Waals surface area contributed by atoms with Crippen LogP contribution in [0.4, 0.5) is 0 Å². The molecule has 0 aliphatic carbocycles. The minimum absolute atomic E-state index is 0.00267. The van der Waals surface area contributed by atoms with Crippen LogP contribution in [0.5, 0.6) is 0 Å². The Bertz CT molecular complexity index is 816. The number of hydrogen-bond donors (Lipinski definition) is 0. The van der Waals surface area contributed by atoms with E-state index in [0.717, 1.165) is 14.6 Å². The highest BCUT2D eigenvalue weighted by Gasteiger charge is 2.12. The Hall–Kier alpha value is -1.07. The summed E-state index contributed by atoms with van der Waals surface area (Å²) in [6.45, 7) is 0. The molecule has 3 rings (SSSR count). The van der Waals surface area contributed by atoms with Gasteiger partial charge in [0, 0.05) is 10.6 Å². The molecule has 0 spiro atoms. The van der Waals surface area contributed by atoms with E-state index < -0.39 is 0 Å².